The molecule has 0 radical (unpaired) electrons. The van der Waals surface area contributed by atoms with Crippen LogP contribution in [-0.2, 0) is 6.42 Å². The van der Waals surface area contributed by atoms with E-state index in [4.69, 9.17) is 5.73 Å². The van der Waals surface area contributed by atoms with Crippen LogP contribution < -0.4 is 5.73 Å². The van der Waals surface area contributed by atoms with E-state index in [1.807, 2.05) is 6.92 Å². The van der Waals surface area contributed by atoms with Crippen LogP contribution >= 0.6 is 0 Å². The lowest BCUT2D eigenvalue weighted by Crippen LogP contribution is -2.17. The molecule has 0 aliphatic heterocycles. The number of rotatable bonds is 3. The van der Waals surface area contributed by atoms with E-state index in [-0.39, 0.29) is 17.5 Å². The summed E-state index contributed by atoms with van der Waals surface area (Å²) >= 11 is 0. The fraction of sp³-hybridized carbons (Fsp3) is 0.333. The zero-order valence-electron chi connectivity index (χ0n) is 7.80. The first kappa shape index (κ1) is 10.5. The first-order chi connectivity index (χ1) is 6.50. The van der Waals surface area contributed by atoms with Gasteiger partial charge in [-0.2, -0.15) is 0 Å². The molecular formula is C9H12N2O3. The minimum atomic E-state index is -0.620. The molecule has 0 spiro atoms. The Morgan fingerprint density at radius 2 is 2.29 bits per heavy atom. The summed E-state index contributed by atoms with van der Waals surface area (Å²) in [7, 11) is 0. The zero-order valence-corrected chi connectivity index (χ0v) is 7.80. The van der Waals surface area contributed by atoms with Gasteiger partial charge in [0.15, 0.2) is 5.75 Å². The second-order valence-corrected chi connectivity index (χ2v) is 3.26. The molecule has 0 amide bonds. The van der Waals surface area contributed by atoms with E-state index >= 15 is 0 Å². The van der Waals surface area contributed by atoms with Gasteiger partial charge in [-0.05, 0) is 25.0 Å². The van der Waals surface area contributed by atoms with E-state index < -0.39 is 4.92 Å². The van der Waals surface area contributed by atoms with Crippen molar-refractivity contribution in [2.45, 2.75) is 19.4 Å². The van der Waals surface area contributed by atoms with Crippen molar-refractivity contribution in [1.82, 2.24) is 0 Å². The first-order valence-electron chi connectivity index (χ1n) is 4.22. The van der Waals surface area contributed by atoms with Crippen molar-refractivity contribution in [3.63, 3.8) is 0 Å². The molecule has 5 heteroatoms. The average Bonchev–Trinajstić information content (AvgIpc) is 2.01. The van der Waals surface area contributed by atoms with Gasteiger partial charge in [-0.3, -0.25) is 10.1 Å². The fourth-order valence-corrected chi connectivity index (χ4v) is 1.22. The monoisotopic (exact) mass is 196 g/mol. The topological polar surface area (TPSA) is 89.4 Å². The van der Waals surface area contributed by atoms with Gasteiger partial charge in [-0.15, -0.1) is 0 Å². The molecule has 0 saturated heterocycles. The summed E-state index contributed by atoms with van der Waals surface area (Å²) in [5.74, 6) is -0.312. The Kier molecular flexibility index (Phi) is 3.03. The standard InChI is InChI=1S/C9H12N2O3/c1-6(10)4-7-2-3-8(11(13)14)9(12)5-7/h2-3,5-6,12H,4,10H2,1H3/t6-/m1/s1. The van der Waals surface area contributed by atoms with Gasteiger partial charge in [-0.25, -0.2) is 0 Å². The van der Waals surface area contributed by atoms with Gasteiger partial charge < -0.3 is 10.8 Å². The molecule has 1 aromatic carbocycles. The number of benzene rings is 1. The Labute approximate surface area is 81.3 Å². The molecule has 0 aliphatic rings. The number of phenols is 1. The van der Waals surface area contributed by atoms with Crippen LogP contribution in [0.25, 0.3) is 0 Å². The minimum Gasteiger partial charge on any atom is -0.502 e. The van der Waals surface area contributed by atoms with Crippen LogP contribution in [0, 0.1) is 10.1 Å². The normalized spacial score (nSPS) is 12.4. The molecule has 0 bridgehead atoms. The highest BCUT2D eigenvalue weighted by Gasteiger charge is 2.12. The van der Waals surface area contributed by atoms with E-state index in [0.29, 0.717) is 6.42 Å². The summed E-state index contributed by atoms with van der Waals surface area (Å²) in [5.41, 5.74) is 6.07. The predicted molar refractivity (Wildman–Crippen MR) is 52.1 cm³/mol. The second-order valence-electron chi connectivity index (χ2n) is 3.26. The molecule has 76 valence electrons. The molecule has 14 heavy (non-hydrogen) atoms. The van der Waals surface area contributed by atoms with Crippen LogP contribution in [0.5, 0.6) is 5.75 Å². The molecule has 0 saturated carbocycles. The number of phenolic OH excluding ortho intramolecular Hbond substituents is 1. The van der Waals surface area contributed by atoms with Crippen LogP contribution in [-0.4, -0.2) is 16.1 Å². The largest absolute Gasteiger partial charge is 0.502 e. The Morgan fingerprint density at radius 1 is 1.64 bits per heavy atom. The lowest BCUT2D eigenvalue weighted by Gasteiger charge is -2.05. The van der Waals surface area contributed by atoms with Gasteiger partial charge in [0.1, 0.15) is 0 Å². The molecule has 1 rings (SSSR count). The highest BCUT2D eigenvalue weighted by molar-refractivity contribution is 5.47. The second kappa shape index (κ2) is 4.06. The third kappa shape index (κ3) is 2.43. The van der Waals surface area contributed by atoms with Crippen LogP contribution in [0.2, 0.25) is 0 Å². The zero-order chi connectivity index (χ0) is 10.7. The molecule has 1 atom stereocenters. The predicted octanol–water partition coefficient (Wildman–Crippen LogP) is 1.19. The summed E-state index contributed by atoms with van der Waals surface area (Å²) in [5, 5.41) is 19.7. The highest BCUT2D eigenvalue weighted by atomic mass is 16.6. The van der Waals surface area contributed by atoms with Crippen molar-refractivity contribution >= 4 is 5.69 Å². The summed E-state index contributed by atoms with van der Waals surface area (Å²) in [4.78, 5) is 9.76. The van der Waals surface area contributed by atoms with Crippen LogP contribution in [0.1, 0.15) is 12.5 Å². The maximum Gasteiger partial charge on any atom is 0.310 e. The van der Waals surface area contributed by atoms with Crippen molar-refractivity contribution in [3.8, 4) is 5.75 Å². The summed E-state index contributed by atoms with van der Waals surface area (Å²) in [6.07, 6.45) is 0.589. The molecule has 0 unspecified atom stereocenters. The third-order valence-electron chi connectivity index (χ3n) is 1.79. The van der Waals surface area contributed by atoms with E-state index in [0.717, 1.165) is 5.56 Å². The van der Waals surface area contributed by atoms with E-state index in [1.54, 1.807) is 6.07 Å². The first-order valence-corrected chi connectivity index (χ1v) is 4.22. The summed E-state index contributed by atoms with van der Waals surface area (Å²) in [6.45, 7) is 1.83. The van der Waals surface area contributed by atoms with Gasteiger partial charge in [0, 0.05) is 12.1 Å². The maximum absolute atomic E-state index is 10.4. The van der Waals surface area contributed by atoms with Crippen molar-refractivity contribution in [2.24, 2.45) is 5.73 Å². The van der Waals surface area contributed by atoms with E-state index in [1.165, 1.54) is 12.1 Å². The number of hydrogen-bond acceptors (Lipinski definition) is 4. The summed E-state index contributed by atoms with van der Waals surface area (Å²) in [6, 6.07) is 4.23. The number of hydrogen-bond donors (Lipinski definition) is 2. The molecule has 0 aliphatic carbocycles. The third-order valence-corrected chi connectivity index (χ3v) is 1.79. The average molecular weight is 196 g/mol. The van der Waals surface area contributed by atoms with Crippen molar-refractivity contribution in [1.29, 1.82) is 0 Å². The number of nitro benzene ring substituents is 1. The van der Waals surface area contributed by atoms with Crippen molar-refractivity contribution in [2.75, 3.05) is 0 Å². The van der Waals surface area contributed by atoms with Crippen LogP contribution in [0.4, 0.5) is 5.69 Å². The quantitative estimate of drug-likeness (QED) is 0.561. The molecule has 0 aromatic heterocycles. The van der Waals surface area contributed by atoms with Crippen molar-refractivity contribution in [3.05, 3.63) is 33.9 Å². The molecule has 1 aromatic rings. The highest BCUT2D eigenvalue weighted by Crippen LogP contribution is 2.26. The Balaban J connectivity index is 2.94. The van der Waals surface area contributed by atoms with Gasteiger partial charge >= 0.3 is 5.69 Å². The summed E-state index contributed by atoms with van der Waals surface area (Å²) < 4.78 is 0. The number of aromatic hydroxyl groups is 1. The Hall–Kier alpha value is -1.62. The Morgan fingerprint density at radius 3 is 2.71 bits per heavy atom. The lowest BCUT2D eigenvalue weighted by atomic mass is 10.1. The molecule has 0 heterocycles. The van der Waals surface area contributed by atoms with E-state index in [9.17, 15) is 15.2 Å². The van der Waals surface area contributed by atoms with Crippen molar-refractivity contribution < 1.29 is 10.0 Å². The fourth-order valence-electron chi connectivity index (χ4n) is 1.22. The Bertz CT molecular complexity index is 350. The number of nitrogens with two attached hydrogens (primary N) is 1. The number of nitro groups is 1. The minimum absolute atomic E-state index is 0.0316. The van der Waals surface area contributed by atoms with Gasteiger partial charge in [-0.1, -0.05) is 6.07 Å². The smallest absolute Gasteiger partial charge is 0.310 e. The van der Waals surface area contributed by atoms with Gasteiger partial charge in [0.25, 0.3) is 0 Å². The molecular weight excluding hydrogens is 184 g/mol. The van der Waals surface area contributed by atoms with Gasteiger partial charge in [0.2, 0.25) is 0 Å². The molecule has 5 nitrogen and oxygen atoms in total. The lowest BCUT2D eigenvalue weighted by molar-refractivity contribution is -0.385. The van der Waals surface area contributed by atoms with E-state index in [2.05, 4.69) is 0 Å². The molecule has 3 N–H and O–H groups in total. The van der Waals surface area contributed by atoms with Crippen LogP contribution in [0.3, 0.4) is 0 Å². The van der Waals surface area contributed by atoms with Gasteiger partial charge in [0.05, 0.1) is 4.92 Å². The molecule has 0 fully saturated rings. The van der Waals surface area contributed by atoms with Crippen LogP contribution in [0.15, 0.2) is 18.2 Å². The number of nitrogens with zero attached hydrogens (tertiary/aromatic N) is 1. The SMILES string of the molecule is C[C@@H](N)Cc1ccc([N+](=O)[O-])c(O)c1. The maximum atomic E-state index is 10.4.